The van der Waals surface area contributed by atoms with Crippen LogP contribution in [0.15, 0.2) is 28.7 Å². The highest BCUT2D eigenvalue weighted by Crippen LogP contribution is 2.33. The smallest absolute Gasteiger partial charge is 0.204 e. The fourth-order valence-electron chi connectivity index (χ4n) is 1.85. The number of ether oxygens (including phenoxy) is 2. The van der Waals surface area contributed by atoms with E-state index in [1.54, 1.807) is 7.11 Å². The van der Waals surface area contributed by atoms with E-state index in [0.717, 1.165) is 30.4 Å². The van der Waals surface area contributed by atoms with Crippen LogP contribution in [0.5, 0.6) is 5.75 Å². The number of methoxy groups -OCH3 is 1. The number of rotatable bonds is 7. The average molecular weight is 279 g/mol. The minimum absolute atomic E-state index is 0.211. The van der Waals surface area contributed by atoms with Crippen LogP contribution in [-0.2, 0) is 4.74 Å². The molecule has 102 valence electrons. The highest BCUT2D eigenvalue weighted by molar-refractivity contribution is 7.80. The monoisotopic (exact) mass is 279 g/mol. The molecule has 0 aliphatic carbocycles. The summed E-state index contributed by atoms with van der Waals surface area (Å²) in [6.07, 6.45) is 1.86. The van der Waals surface area contributed by atoms with Crippen LogP contribution in [0.1, 0.15) is 18.6 Å². The molecule has 0 saturated heterocycles. The molecule has 2 rings (SSSR count). The largest absolute Gasteiger partial charge is 0.489 e. The number of thiocarbonyl (C=S) groups is 1. The summed E-state index contributed by atoms with van der Waals surface area (Å²) >= 11 is 5.00. The lowest BCUT2D eigenvalue weighted by Crippen LogP contribution is -2.10. The zero-order valence-electron chi connectivity index (χ0n) is 10.8. The van der Waals surface area contributed by atoms with Crippen molar-refractivity contribution in [2.24, 2.45) is 5.73 Å². The van der Waals surface area contributed by atoms with Gasteiger partial charge in [-0.15, -0.1) is 0 Å². The number of unbranched alkanes of at least 4 members (excludes halogenated alkanes) is 1. The van der Waals surface area contributed by atoms with Gasteiger partial charge >= 0.3 is 0 Å². The van der Waals surface area contributed by atoms with Crippen LogP contribution in [0.4, 0.5) is 0 Å². The Balaban J connectivity index is 2.15. The third-order valence-corrected chi connectivity index (χ3v) is 2.95. The van der Waals surface area contributed by atoms with Gasteiger partial charge in [-0.1, -0.05) is 24.4 Å². The molecule has 0 unspecified atom stereocenters. The molecular formula is C14H17NO3S. The van der Waals surface area contributed by atoms with Crippen LogP contribution < -0.4 is 10.5 Å². The number of nitrogens with two attached hydrogens (primary N) is 1. The molecule has 1 aromatic heterocycles. The SMILES string of the molecule is COCCCCOc1c(C(N)=S)oc2ccccc12. The van der Waals surface area contributed by atoms with E-state index in [1.807, 2.05) is 24.3 Å². The van der Waals surface area contributed by atoms with Crippen LogP contribution >= 0.6 is 12.2 Å². The van der Waals surface area contributed by atoms with Gasteiger partial charge < -0.3 is 19.6 Å². The zero-order chi connectivity index (χ0) is 13.7. The average Bonchev–Trinajstić information content (AvgIpc) is 2.78. The standard InChI is InChI=1S/C14H17NO3S/c1-16-8-4-5-9-17-12-10-6-2-3-7-11(10)18-13(12)14(15)19/h2-3,6-7H,4-5,8-9H2,1H3,(H2,15,19). The first-order chi connectivity index (χ1) is 9.24. The molecule has 0 bridgehead atoms. The first kappa shape index (κ1) is 13.8. The van der Waals surface area contributed by atoms with Crippen molar-refractivity contribution in [3.05, 3.63) is 30.0 Å². The maximum Gasteiger partial charge on any atom is 0.204 e. The van der Waals surface area contributed by atoms with Crippen molar-refractivity contribution in [3.8, 4) is 5.75 Å². The van der Waals surface area contributed by atoms with Crippen molar-refractivity contribution in [1.29, 1.82) is 0 Å². The van der Waals surface area contributed by atoms with Gasteiger partial charge in [0.15, 0.2) is 5.75 Å². The van der Waals surface area contributed by atoms with Crippen molar-refractivity contribution in [3.63, 3.8) is 0 Å². The van der Waals surface area contributed by atoms with E-state index < -0.39 is 0 Å². The highest BCUT2D eigenvalue weighted by atomic mass is 32.1. The Morgan fingerprint density at radius 1 is 1.26 bits per heavy atom. The molecule has 0 fully saturated rings. The van der Waals surface area contributed by atoms with Gasteiger partial charge in [0.25, 0.3) is 0 Å². The van der Waals surface area contributed by atoms with Crippen molar-refractivity contribution < 1.29 is 13.9 Å². The van der Waals surface area contributed by atoms with Crippen LogP contribution in [0.25, 0.3) is 11.0 Å². The van der Waals surface area contributed by atoms with Gasteiger partial charge in [0, 0.05) is 13.7 Å². The van der Waals surface area contributed by atoms with E-state index in [1.165, 1.54) is 0 Å². The number of benzene rings is 1. The summed E-state index contributed by atoms with van der Waals surface area (Å²) in [4.78, 5) is 0.211. The van der Waals surface area contributed by atoms with Gasteiger partial charge in [-0.05, 0) is 25.0 Å². The molecule has 0 aliphatic rings. The third kappa shape index (κ3) is 3.24. The second-order valence-corrected chi connectivity index (χ2v) is 4.61. The summed E-state index contributed by atoms with van der Waals surface area (Å²) in [6, 6.07) is 7.64. The fourth-order valence-corrected chi connectivity index (χ4v) is 1.98. The van der Waals surface area contributed by atoms with Gasteiger partial charge in [0.2, 0.25) is 5.76 Å². The number of furan rings is 1. The van der Waals surface area contributed by atoms with Crippen LogP contribution in [0.3, 0.4) is 0 Å². The summed E-state index contributed by atoms with van der Waals surface area (Å²) in [5.41, 5.74) is 6.40. The minimum Gasteiger partial charge on any atom is -0.489 e. The molecule has 19 heavy (non-hydrogen) atoms. The Kier molecular flexibility index (Phi) is 4.76. The molecule has 1 heterocycles. The summed E-state index contributed by atoms with van der Waals surface area (Å²) in [6.45, 7) is 1.32. The lowest BCUT2D eigenvalue weighted by molar-refractivity contribution is 0.184. The van der Waals surface area contributed by atoms with E-state index in [2.05, 4.69) is 0 Å². The molecule has 0 amide bonds. The first-order valence-corrected chi connectivity index (χ1v) is 6.58. The van der Waals surface area contributed by atoms with E-state index in [-0.39, 0.29) is 4.99 Å². The third-order valence-electron chi connectivity index (χ3n) is 2.76. The second kappa shape index (κ2) is 6.54. The molecule has 2 N–H and O–H groups in total. The number of para-hydroxylation sites is 1. The Morgan fingerprint density at radius 2 is 2.00 bits per heavy atom. The van der Waals surface area contributed by atoms with E-state index in [4.69, 9.17) is 31.8 Å². The van der Waals surface area contributed by atoms with E-state index in [9.17, 15) is 0 Å². The van der Waals surface area contributed by atoms with Crippen LogP contribution in [0, 0.1) is 0 Å². The van der Waals surface area contributed by atoms with E-state index >= 15 is 0 Å². The lowest BCUT2D eigenvalue weighted by atomic mass is 10.2. The summed E-state index contributed by atoms with van der Waals surface area (Å²) in [5.74, 6) is 1.09. The molecule has 4 nitrogen and oxygen atoms in total. The molecule has 0 saturated carbocycles. The predicted octanol–water partition coefficient (Wildman–Crippen LogP) is 2.87. The van der Waals surface area contributed by atoms with Gasteiger partial charge in [-0.3, -0.25) is 0 Å². The van der Waals surface area contributed by atoms with E-state index in [0.29, 0.717) is 18.1 Å². The number of hydrogen-bond donors (Lipinski definition) is 1. The first-order valence-electron chi connectivity index (χ1n) is 6.17. The Bertz CT molecular complexity index is 565. The Hall–Kier alpha value is -1.59. The maximum atomic E-state index is 5.78. The Morgan fingerprint density at radius 3 is 2.74 bits per heavy atom. The summed E-state index contributed by atoms with van der Waals surface area (Å²) in [7, 11) is 1.69. The topological polar surface area (TPSA) is 57.6 Å². The summed E-state index contributed by atoms with van der Waals surface area (Å²) in [5, 5.41) is 0.900. The van der Waals surface area contributed by atoms with Gasteiger partial charge in [0.05, 0.1) is 12.0 Å². The molecule has 0 atom stereocenters. The lowest BCUT2D eigenvalue weighted by Gasteiger charge is -2.06. The molecule has 0 spiro atoms. The van der Waals surface area contributed by atoms with Crippen LogP contribution in [0.2, 0.25) is 0 Å². The minimum atomic E-state index is 0.211. The van der Waals surface area contributed by atoms with Crippen molar-refractivity contribution in [2.75, 3.05) is 20.3 Å². The van der Waals surface area contributed by atoms with Crippen LogP contribution in [-0.4, -0.2) is 25.3 Å². The van der Waals surface area contributed by atoms with Gasteiger partial charge in [-0.2, -0.15) is 0 Å². The molecular weight excluding hydrogens is 262 g/mol. The molecule has 1 aromatic carbocycles. The molecule has 2 aromatic rings. The normalized spacial score (nSPS) is 10.8. The van der Waals surface area contributed by atoms with Crippen molar-refractivity contribution >= 4 is 28.2 Å². The number of fused-ring (bicyclic) bond motifs is 1. The molecule has 5 heteroatoms. The Labute approximate surface area is 117 Å². The fraction of sp³-hybridized carbons (Fsp3) is 0.357. The van der Waals surface area contributed by atoms with Crippen molar-refractivity contribution in [1.82, 2.24) is 0 Å². The highest BCUT2D eigenvalue weighted by Gasteiger charge is 2.17. The number of hydrogen-bond acceptors (Lipinski definition) is 4. The quantitative estimate of drug-likeness (QED) is 0.624. The van der Waals surface area contributed by atoms with Gasteiger partial charge in [0.1, 0.15) is 10.6 Å². The predicted molar refractivity (Wildman–Crippen MR) is 78.7 cm³/mol. The zero-order valence-corrected chi connectivity index (χ0v) is 11.7. The van der Waals surface area contributed by atoms with Gasteiger partial charge in [-0.25, -0.2) is 0 Å². The molecule has 0 radical (unpaired) electrons. The summed E-state index contributed by atoms with van der Waals surface area (Å²) < 4.78 is 16.4. The molecule has 0 aliphatic heterocycles. The second-order valence-electron chi connectivity index (χ2n) is 4.17. The van der Waals surface area contributed by atoms with Crippen molar-refractivity contribution in [2.45, 2.75) is 12.8 Å². The maximum absolute atomic E-state index is 5.78.